The zero-order valence-corrected chi connectivity index (χ0v) is 10.7. The van der Waals surface area contributed by atoms with Gasteiger partial charge in [0, 0.05) is 13.1 Å². The second kappa shape index (κ2) is 5.53. The number of aliphatic carboxylic acids is 1. The van der Waals surface area contributed by atoms with Gasteiger partial charge in [-0.3, -0.25) is 14.9 Å². The van der Waals surface area contributed by atoms with Crippen LogP contribution in [-0.4, -0.2) is 29.6 Å². The number of carboxylic acids is 1. The zero-order chi connectivity index (χ0) is 15.7. The highest BCUT2D eigenvalue weighted by atomic mass is 35.5. The van der Waals surface area contributed by atoms with Gasteiger partial charge in [-0.05, 0) is 6.07 Å². The molecule has 0 atom stereocenters. The van der Waals surface area contributed by atoms with Crippen LogP contribution in [0.5, 0.6) is 0 Å². The molecule has 0 saturated carbocycles. The summed E-state index contributed by atoms with van der Waals surface area (Å²) in [7, 11) is 1.18. The van der Waals surface area contributed by atoms with Gasteiger partial charge in [0.1, 0.15) is 12.2 Å². The second-order valence-corrected chi connectivity index (χ2v) is 4.24. The minimum absolute atomic E-state index is 0.319. The Labute approximate surface area is 115 Å². The molecule has 0 unspecified atom stereocenters. The Kier molecular flexibility index (Phi) is 4.43. The zero-order valence-electron chi connectivity index (χ0n) is 9.94. The summed E-state index contributed by atoms with van der Waals surface area (Å²) in [6.07, 6.45) is -4.79. The molecular formula is C10H8ClF3N2O4. The lowest BCUT2D eigenvalue weighted by atomic mass is 10.1. The Morgan fingerprint density at radius 1 is 1.50 bits per heavy atom. The summed E-state index contributed by atoms with van der Waals surface area (Å²) < 4.78 is 37.7. The van der Waals surface area contributed by atoms with E-state index in [1.165, 1.54) is 7.05 Å². The van der Waals surface area contributed by atoms with Crippen LogP contribution < -0.4 is 4.90 Å². The summed E-state index contributed by atoms with van der Waals surface area (Å²) in [5.41, 5.74) is -2.57. The standard InChI is InChI=1S/C10H8ClF3N2O4/c1-15(4-8(17)18)9-6(11)2-5(10(12,13)14)3-7(9)16(19)20/h2-3H,4H2,1H3,(H,17,18). The predicted molar refractivity (Wildman–Crippen MR) is 64.0 cm³/mol. The number of hydrogen-bond donors (Lipinski definition) is 1. The Morgan fingerprint density at radius 2 is 2.05 bits per heavy atom. The Morgan fingerprint density at radius 3 is 2.45 bits per heavy atom. The molecule has 10 heteroatoms. The van der Waals surface area contributed by atoms with Gasteiger partial charge in [0.15, 0.2) is 0 Å². The van der Waals surface area contributed by atoms with E-state index >= 15 is 0 Å². The molecule has 0 spiro atoms. The van der Waals surface area contributed by atoms with Crippen molar-refractivity contribution in [2.75, 3.05) is 18.5 Å². The fraction of sp³-hybridized carbons (Fsp3) is 0.300. The van der Waals surface area contributed by atoms with Crippen molar-refractivity contribution >= 4 is 28.9 Å². The van der Waals surface area contributed by atoms with Crippen molar-refractivity contribution in [3.05, 3.63) is 32.8 Å². The molecule has 1 rings (SSSR count). The molecule has 0 fully saturated rings. The average molecular weight is 313 g/mol. The van der Waals surface area contributed by atoms with E-state index < -0.39 is 39.9 Å². The van der Waals surface area contributed by atoms with E-state index in [0.717, 1.165) is 4.90 Å². The summed E-state index contributed by atoms with van der Waals surface area (Å²) in [4.78, 5) is 21.3. The number of nitro groups is 1. The first kappa shape index (κ1) is 16.0. The lowest BCUT2D eigenvalue weighted by Crippen LogP contribution is -2.26. The van der Waals surface area contributed by atoms with Crippen molar-refractivity contribution in [3.63, 3.8) is 0 Å². The van der Waals surface area contributed by atoms with E-state index in [2.05, 4.69) is 0 Å². The Bertz CT molecular complexity index is 562. The highest BCUT2D eigenvalue weighted by Gasteiger charge is 2.35. The topological polar surface area (TPSA) is 83.7 Å². The van der Waals surface area contributed by atoms with Crippen LogP contribution in [0.15, 0.2) is 12.1 Å². The SMILES string of the molecule is CN(CC(=O)O)c1c(Cl)cc(C(F)(F)F)cc1[N+](=O)[O-]. The summed E-state index contributed by atoms with van der Waals surface area (Å²) in [5, 5.41) is 18.9. The summed E-state index contributed by atoms with van der Waals surface area (Å²) >= 11 is 5.62. The molecule has 0 aromatic heterocycles. The first-order valence-corrected chi connectivity index (χ1v) is 5.40. The molecule has 0 aliphatic carbocycles. The fourth-order valence-corrected chi connectivity index (χ4v) is 1.91. The number of anilines is 1. The van der Waals surface area contributed by atoms with E-state index in [0.29, 0.717) is 12.1 Å². The van der Waals surface area contributed by atoms with Crippen molar-refractivity contribution in [1.29, 1.82) is 0 Å². The molecule has 20 heavy (non-hydrogen) atoms. The number of halogens is 4. The van der Waals surface area contributed by atoms with Gasteiger partial charge in [-0.15, -0.1) is 0 Å². The molecule has 0 aliphatic heterocycles. The number of alkyl halides is 3. The monoisotopic (exact) mass is 312 g/mol. The summed E-state index contributed by atoms with van der Waals surface area (Å²) in [6.45, 7) is -0.647. The van der Waals surface area contributed by atoms with Crippen LogP contribution in [0.2, 0.25) is 5.02 Å². The van der Waals surface area contributed by atoms with Crippen molar-refractivity contribution < 1.29 is 28.0 Å². The molecule has 1 aromatic rings. The fourth-order valence-electron chi connectivity index (χ4n) is 1.55. The van der Waals surface area contributed by atoms with Gasteiger partial charge in [-0.1, -0.05) is 11.6 Å². The number of nitro benzene ring substituents is 1. The number of hydrogen-bond acceptors (Lipinski definition) is 4. The predicted octanol–water partition coefficient (Wildman–Crippen LogP) is 2.79. The third-order valence-corrected chi connectivity index (χ3v) is 2.61. The molecule has 0 aliphatic rings. The normalized spacial score (nSPS) is 11.2. The third kappa shape index (κ3) is 3.50. The molecule has 1 aromatic carbocycles. The molecule has 0 heterocycles. The van der Waals surface area contributed by atoms with Gasteiger partial charge >= 0.3 is 12.1 Å². The van der Waals surface area contributed by atoms with Gasteiger partial charge < -0.3 is 10.0 Å². The summed E-state index contributed by atoms with van der Waals surface area (Å²) in [6, 6.07) is 0.835. The first-order valence-electron chi connectivity index (χ1n) is 5.02. The van der Waals surface area contributed by atoms with Gasteiger partial charge in [-0.2, -0.15) is 13.2 Å². The minimum Gasteiger partial charge on any atom is -0.480 e. The lowest BCUT2D eigenvalue weighted by Gasteiger charge is -2.19. The van der Waals surface area contributed by atoms with Crippen LogP contribution in [0.25, 0.3) is 0 Å². The van der Waals surface area contributed by atoms with Crippen molar-refractivity contribution in [1.82, 2.24) is 0 Å². The van der Waals surface area contributed by atoms with E-state index in [9.17, 15) is 28.1 Å². The molecule has 0 amide bonds. The second-order valence-electron chi connectivity index (χ2n) is 3.83. The van der Waals surface area contributed by atoms with Crippen LogP contribution in [0.3, 0.4) is 0 Å². The van der Waals surface area contributed by atoms with Crippen LogP contribution in [0.4, 0.5) is 24.5 Å². The maximum Gasteiger partial charge on any atom is 0.416 e. The number of rotatable bonds is 4. The summed E-state index contributed by atoms with van der Waals surface area (Å²) in [5.74, 6) is -1.31. The molecular weight excluding hydrogens is 305 g/mol. The van der Waals surface area contributed by atoms with E-state index in [1.807, 2.05) is 0 Å². The number of carboxylic acid groups (broad SMARTS) is 1. The maximum absolute atomic E-state index is 12.6. The minimum atomic E-state index is -4.79. The number of likely N-dealkylation sites (N-methyl/N-ethyl adjacent to an activating group) is 1. The number of nitrogens with zero attached hydrogens (tertiary/aromatic N) is 2. The Balaban J connectivity index is 3.45. The molecule has 1 N–H and O–H groups in total. The third-order valence-electron chi connectivity index (χ3n) is 2.32. The Hall–Kier alpha value is -2.03. The maximum atomic E-state index is 12.6. The van der Waals surface area contributed by atoms with Crippen molar-refractivity contribution in [2.45, 2.75) is 6.18 Å². The lowest BCUT2D eigenvalue weighted by molar-refractivity contribution is -0.384. The molecule has 6 nitrogen and oxygen atoms in total. The molecule has 0 radical (unpaired) electrons. The van der Waals surface area contributed by atoms with E-state index in [-0.39, 0.29) is 5.69 Å². The van der Waals surface area contributed by atoms with Gasteiger partial charge in [-0.25, -0.2) is 0 Å². The molecule has 0 saturated heterocycles. The number of carbonyl (C=O) groups is 1. The van der Waals surface area contributed by atoms with E-state index in [4.69, 9.17) is 16.7 Å². The molecule has 0 bridgehead atoms. The quantitative estimate of drug-likeness (QED) is 0.682. The van der Waals surface area contributed by atoms with E-state index in [1.54, 1.807) is 0 Å². The first-order chi connectivity index (χ1) is 9.04. The van der Waals surface area contributed by atoms with Gasteiger partial charge in [0.2, 0.25) is 0 Å². The highest BCUT2D eigenvalue weighted by Crippen LogP contribution is 2.41. The van der Waals surface area contributed by atoms with Gasteiger partial charge in [0.25, 0.3) is 5.69 Å². The van der Waals surface area contributed by atoms with Crippen LogP contribution in [0, 0.1) is 10.1 Å². The van der Waals surface area contributed by atoms with Crippen molar-refractivity contribution in [2.24, 2.45) is 0 Å². The largest absolute Gasteiger partial charge is 0.480 e. The van der Waals surface area contributed by atoms with Crippen LogP contribution >= 0.6 is 11.6 Å². The van der Waals surface area contributed by atoms with Crippen LogP contribution in [-0.2, 0) is 11.0 Å². The number of benzene rings is 1. The van der Waals surface area contributed by atoms with Gasteiger partial charge in [0.05, 0.1) is 15.5 Å². The smallest absolute Gasteiger partial charge is 0.416 e. The van der Waals surface area contributed by atoms with Crippen LogP contribution in [0.1, 0.15) is 5.56 Å². The average Bonchev–Trinajstić information content (AvgIpc) is 2.24. The molecule has 110 valence electrons. The highest BCUT2D eigenvalue weighted by molar-refractivity contribution is 6.34. The van der Waals surface area contributed by atoms with Crippen molar-refractivity contribution in [3.8, 4) is 0 Å².